The molecule has 1 aliphatic rings. The Balaban J connectivity index is 2.01. The van der Waals surface area contributed by atoms with Gasteiger partial charge in [-0.2, -0.15) is 4.68 Å². The van der Waals surface area contributed by atoms with Crippen LogP contribution in [0.4, 0.5) is 5.95 Å². The van der Waals surface area contributed by atoms with E-state index in [-0.39, 0.29) is 11.9 Å². The van der Waals surface area contributed by atoms with Crippen molar-refractivity contribution in [2.75, 3.05) is 11.9 Å². The lowest BCUT2D eigenvalue weighted by molar-refractivity contribution is -0.140. The van der Waals surface area contributed by atoms with Gasteiger partial charge >= 0.3 is 5.97 Å². The van der Waals surface area contributed by atoms with Crippen LogP contribution in [0.25, 0.3) is 0 Å². The number of anilines is 1. The highest BCUT2D eigenvalue weighted by atomic mass is 16.5. The molecule has 1 N–H and O–H groups in total. The van der Waals surface area contributed by atoms with Crippen molar-refractivity contribution in [1.29, 1.82) is 0 Å². The minimum atomic E-state index is -0.415. The normalized spacial score (nSPS) is 16.7. The van der Waals surface area contributed by atoms with Crippen molar-refractivity contribution in [1.82, 2.24) is 20.2 Å². The van der Waals surface area contributed by atoms with E-state index < -0.39 is 6.04 Å². The zero-order valence-electron chi connectivity index (χ0n) is 15.9. The van der Waals surface area contributed by atoms with Crippen LogP contribution in [0, 0.1) is 5.92 Å². The number of carbonyl (C=O) groups is 1. The van der Waals surface area contributed by atoms with Crippen LogP contribution >= 0.6 is 0 Å². The van der Waals surface area contributed by atoms with E-state index in [4.69, 9.17) is 4.74 Å². The summed E-state index contributed by atoms with van der Waals surface area (Å²) in [6.45, 7) is 10.5. The fourth-order valence-corrected chi connectivity index (χ4v) is 2.97. The number of fused-ring (bicyclic) bond motifs is 1. The Bertz CT molecular complexity index is 821. The lowest BCUT2D eigenvalue weighted by atomic mass is 9.93. The van der Waals surface area contributed by atoms with E-state index in [9.17, 15) is 4.79 Å². The maximum Gasteiger partial charge on any atom is 0.338 e. The molecule has 2 aromatic rings. The molecule has 1 unspecified atom stereocenters. The molecule has 1 aliphatic heterocycles. The van der Waals surface area contributed by atoms with Gasteiger partial charge in [0, 0.05) is 5.70 Å². The largest absolute Gasteiger partial charge is 0.462 e. The molecule has 1 aromatic heterocycles. The average Bonchev–Trinajstić information content (AvgIpc) is 3.06. The summed E-state index contributed by atoms with van der Waals surface area (Å²) in [4.78, 5) is 12.8. The standard InChI is InChI=1S/C19H25N5O2/c1-11(2)10-26-18(25)16-13(5)20-19-21-22-23-24(19)17(16)15-8-6-14(7-9-15)12(3)4/h6-9,11-12,17H,10H2,1-5H3,(H,20,21,23). The van der Waals surface area contributed by atoms with Gasteiger partial charge in [0.15, 0.2) is 0 Å². The number of allylic oxidation sites excluding steroid dienone is 1. The monoisotopic (exact) mass is 355 g/mol. The van der Waals surface area contributed by atoms with Crippen LogP contribution in [0.2, 0.25) is 0 Å². The number of benzene rings is 1. The van der Waals surface area contributed by atoms with Gasteiger partial charge in [-0.1, -0.05) is 57.1 Å². The van der Waals surface area contributed by atoms with Gasteiger partial charge in [0.2, 0.25) is 5.95 Å². The average molecular weight is 355 g/mol. The molecule has 0 spiro atoms. The Hall–Kier alpha value is -2.70. The number of nitrogens with one attached hydrogen (secondary N) is 1. The third-order valence-corrected chi connectivity index (χ3v) is 4.40. The summed E-state index contributed by atoms with van der Waals surface area (Å²) >= 11 is 0. The Morgan fingerprint density at radius 1 is 1.23 bits per heavy atom. The second kappa shape index (κ2) is 7.27. The number of nitrogens with zero attached hydrogens (tertiary/aromatic N) is 4. The van der Waals surface area contributed by atoms with Crippen molar-refractivity contribution in [3.63, 3.8) is 0 Å². The highest BCUT2D eigenvalue weighted by molar-refractivity contribution is 5.92. The molecule has 0 saturated carbocycles. The molecule has 0 amide bonds. The molecule has 7 nitrogen and oxygen atoms in total. The molecule has 138 valence electrons. The summed E-state index contributed by atoms with van der Waals surface area (Å²) in [5, 5.41) is 14.9. The summed E-state index contributed by atoms with van der Waals surface area (Å²) < 4.78 is 7.13. The van der Waals surface area contributed by atoms with E-state index in [0.717, 1.165) is 5.56 Å². The summed E-state index contributed by atoms with van der Waals surface area (Å²) in [5.74, 6) is 0.876. The van der Waals surface area contributed by atoms with Crippen LogP contribution in [0.1, 0.15) is 57.7 Å². The minimum Gasteiger partial charge on any atom is -0.462 e. The first-order valence-corrected chi connectivity index (χ1v) is 8.91. The topological polar surface area (TPSA) is 81.9 Å². The summed E-state index contributed by atoms with van der Waals surface area (Å²) in [6.07, 6.45) is 0. The van der Waals surface area contributed by atoms with Gasteiger partial charge in [0.1, 0.15) is 6.04 Å². The van der Waals surface area contributed by atoms with Gasteiger partial charge in [-0.05, 0) is 40.3 Å². The third kappa shape index (κ3) is 3.47. The van der Waals surface area contributed by atoms with Crippen molar-refractivity contribution in [2.45, 2.75) is 46.6 Å². The van der Waals surface area contributed by atoms with Gasteiger partial charge in [-0.15, -0.1) is 0 Å². The van der Waals surface area contributed by atoms with E-state index in [1.54, 1.807) is 4.68 Å². The van der Waals surface area contributed by atoms with Crippen LogP contribution in [-0.2, 0) is 9.53 Å². The summed E-state index contributed by atoms with van der Waals surface area (Å²) in [7, 11) is 0. The fraction of sp³-hybridized carbons (Fsp3) is 0.474. The highest BCUT2D eigenvalue weighted by Gasteiger charge is 2.35. The van der Waals surface area contributed by atoms with Gasteiger partial charge in [0.05, 0.1) is 12.2 Å². The number of aromatic nitrogens is 4. The van der Waals surface area contributed by atoms with E-state index in [2.05, 4.69) is 46.8 Å². The van der Waals surface area contributed by atoms with Gasteiger partial charge in [-0.3, -0.25) is 0 Å². The van der Waals surface area contributed by atoms with Crippen molar-refractivity contribution in [3.8, 4) is 0 Å². The van der Waals surface area contributed by atoms with Gasteiger partial charge in [-0.25, -0.2) is 4.79 Å². The third-order valence-electron chi connectivity index (χ3n) is 4.40. The summed E-state index contributed by atoms with van der Waals surface area (Å²) in [5.41, 5.74) is 3.42. The van der Waals surface area contributed by atoms with Crippen molar-refractivity contribution < 1.29 is 9.53 Å². The van der Waals surface area contributed by atoms with Crippen LogP contribution in [-0.4, -0.2) is 32.8 Å². The molecule has 0 saturated heterocycles. The molecular weight excluding hydrogens is 330 g/mol. The molecule has 7 heteroatoms. The number of tetrazole rings is 1. The first-order chi connectivity index (χ1) is 12.4. The molecule has 3 rings (SSSR count). The van der Waals surface area contributed by atoms with Crippen molar-refractivity contribution in [3.05, 3.63) is 46.7 Å². The van der Waals surface area contributed by atoms with E-state index in [1.807, 2.05) is 32.9 Å². The zero-order chi connectivity index (χ0) is 18.8. The van der Waals surface area contributed by atoms with Crippen molar-refractivity contribution >= 4 is 11.9 Å². The minimum absolute atomic E-state index is 0.267. The quantitative estimate of drug-likeness (QED) is 0.829. The number of hydrogen-bond acceptors (Lipinski definition) is 6. The zero-order valence-corrected chi connectivity index (χ0v) is 15.9. The highest BCUT2D eigenvalue weighted by Crippen LogP contribution is 2.35. The lowest BCUT2D eigenvalue weighted by Crippen LogP contribution is -2.30. The predicted octanol–water partition coefficient (Wildman–Crippen LogP) is 3.28. The van der Waals surface area contributed by atoms with E-state index >= 15 is 0 Å². The summed E-state index contributed by atoms with van der Waals surface area (Å²) in [6, 6.07) is 7.80. The Morgan fingerprint density at radius 3 is 2.54 bits per heavy atom. The molecule has 0 aliphatic carbocycles. The Labute approximate surface area is 153 Å². The predicted molar refractivity (Wildman–Crippen MR) is 98.6 cm³/mol. The Morgan fingerprint density at radius 2 is 1.92 bits per heavy atom. The van der Waals surface area contributed by atoms with Gasteiger partial charge in [0.25, 0.3) is 0 Å². The SMILES string of the molecule is CC1=C(C(=O)OCC(C)C)C(c2ccc(C(C)C)cc2)n2nnnc2N1. The first-order valence-electron chi connectivity index (χ1n) is 8.91. The van der Waals surface area contributed by atoms with Crippen molar-refractivity contribution in [2.24, 2.45) is 5.92 Å². The fourth-order valence-electron chi connectivity index (χ4n) is 2.97. The van der Waals surface area contributed by atoms with E-state index in [1.165, 1.54) is 5.56 Å². The molecule has 26 heavy (non-hydrogen) atoms. The number of ether oxygens (including phenoxy) is 1. The molecule has 0 radical (unpaired) electrons. The maximum absolute atomic E-state index is 12.8. The molecule has 1 atom stereocenters. The van der Waals surface area contributed by atoms with Crippen LogP contribution in [0.15, 0.2) is 35.5 Å². The number of rotatable bonds is 5. The number of hydrogen-bond donors (Lipinski definition) is 1. The van der Waals surface area contributed by atoms with Crippen LogP contribution in [0.5, 0.6) is 0 Å². The lowest BCUT2D eigenvalue weighted by Gasteiger charge is -2.27. The molecule has 2 heterocycles. The second-order valence-electron chi connectivity index (χ2n) is 7.33. The number of esters is 1. The first kappa shape index (κ1) is 18.1. The molecule has 0 bridgehead atoms. The number of carbonyl (C=O) groups excluding carboxylic acids is 1. The molecule has 0 fully saturated rings. The molecular formula is C19H25N5O2. The van der Waals surface area contributed by atoms with Crippen LogP contribution < -0.4 is 5.32 Å². The Kier molecular flexibility index (Phi) is 5.06. The smallest absolute Gasteiger partial charge is 0.338 e. The van der Waals surface area contributed by atoms with Crippen LogP contribution in [0.3, 0.4) is 0 Å². The van der Waals surface area contributed by atoms with Gasteiger partial charge < -0.3 is 10.1 Å². The molecule has 1 aromatic carbocycles. The second-order valence-corrected chi connectivity index (χ2v) is 7.33. The van der Waals surface area contributed by atoms with E-state index in [0.29, 0.717) is 29.7 Å². The maximum atomic E-state index is 12.8.